The Morgan fingerprint density at radius 1 is 1.13 bits per heavy atom. The Hall–Kier alpha value is -2.39. The van der Waals surface area contributed by atoms with Crippen LogP contribution >= 0.6 is 15.9 Å². The highest BCUT2D eigenvalue weighted by molar-refractivity contribution is 9.10. The molecule has 2 aromatic carbocycles. The number of carbonyl (C=O) groups excluding carboxylic acids is 2. The van der Waals surface area contributed by atoms with E-state index in [1.54, 1.807) is 18.2 Å². The molecule has 0 aliphatic heterocycles. The van der Waals surface area contributed by atoms with E-state index in [1.807, 2.05) is 44.2 Å². The van der Waals surface area contributed by atoms with E-state index in [1.165, 1.54) is 11.9 Å². The standard InChI is InChI=1S/C22H28BrN3O4S/c1-5-20(22(28)24-3)25(14-17-9-7-6-8-10-17)21(27)15-26(31(4,29)30)18-11-12-19(23)16(2)13-18/h6-13,20H,5,14-15H2,1-4H3,(H,24,28). The highest BCUT2D eigenvalue weighted by atomic mass is 79.9. The van der Waals surface area contributed by atoms with Gasteiger partial charge in [0, 0.05) is 18.1 Å². The van der Waals surface area contributed by atoms with Gasteiger partial charge in [0.05, 0.1) is 11.9 Å². The minimum absolute atomic E-state index is 0.197. The molecule has 7 nitrogen and oxygen atoms in total. The normalized spacial score (nSPS) is 12.2. The van der Waals surface area contributed by atoms with Crippen LogP contribution in [0, 0.1) is 6.92 Å². The molecule has 0 aliphatic rings. The summed E-state index contributed by atoms with van der Waals surface area (Å²) in [6.45, 7) is 3.46. The van der Waals surface area contributed by atoms with Gasteiger partial charge in [0.15, 0.2) is 0 Å². The van der Waals surface area contributed by atoms with Gasteiger partial charge in [0.2, 0.25) is 21.8 Å². The van der Waals surface area contributed by atoms with Crippen LogP contribution in [0.5, 0.6) is 0 Å². The van der Waals surface area contributed by atoms with Crippen molar-refractivity contribution >= 4 is 43.5 Å². The molecule has 0 bridgehead atoms. The quantitative estimate of drug-likeness (QED) is 0.562. The van der Waals surface area contributed by atoms with Crippen molar-refractivity contribution in [3.63, 3.8) is 0 Å². The zero-order chi connectivity index (χ0) is 23.2. The van der Waals surface area contributed by atoms with Crippen LogP contribution in [-0.4, -0.2) is 51.0 Å². The predicted octanol–water partition coefficient (Wildman–Crippen LogP) is 3.08. The average molecular weight is 510 g/mol. The van der Waals surface area contributed by atoms with Gasteiger partial charge in [-0.25, -0.2) is 8.42 Å². The fourth-order valence-electron chi connectivity index (χ4n) is 3.26. The van der Waals surface area contributed by atoms with Gasteiger partial charge < -0.3 is 10.2 Å². The summed E-state index contributed by atoms with van der Waals surface area (Å²) < 4.78 is 27.0. The first kappa shape index (κ1) is 24.9. The summed E-state index contributed by atoms with van der Waals surface area (Å²) in [6.07, 6.45) is 1.46. The van der Waals surface area contributed by atoms with E-state index >= 15 is 0 Å². The minimum atomic E-state index is -3.74. The summed E-state index contributed by atoms with van der Waals surface area (Å²) in [4.78, 5) is 27.3. The van der Waals surface area contributed by atoms with Crippen LogP contribution in [0.15, 0.2) is 53.0 Å². The number of halogens is 1. The van der Waals surface area contributed by atoms with Crippen LogP contribution in [0.2, 0.25) is 0 Å². The van der Waals surface area contributed by atoms with Gasteiger partial charge in [0.25, 0.3) is 0 Å². The van der Waals surface area contributed by atoms with E-state index < -0.39 is 28.5 Å². The molecule has 0 radical (unpaired) electrons. The molecule has 1 N–H and O–H groups in total. The minimum Gasteiger partial charge on any atom is -0.357 e. The number of benzene rings is 2. The lowest BCUT2D eigenvalue weighted by molar-refractivity contribution is -0.140. The van der Waals surface area contributed by atoms with Crippen molar-refractivity contribution in [1.29, 1.82) is 0 Å². The molecular weight excluding hydrogens is 482 g/mol. The number of amides is 2. The van der Waals surface area contributed by atoms with E-state index in [0.717, 1.165) is 26.2 Å². The number of hydrogen-bond acceptors (Lipinski definition) is 4. The second-order valence-corrected chi connectivity index (χ2v) is 10.0. The first-order valence-corrected chi connectivity index (χ1v) is 12.5. The average Bonchev–Trinajstić information content (AvgIpc) is 2.73. The van der Waals surface area contributed by atoms with Crippen LogP contribution in [0.25, 0.3) is 0 Å². The first-order chi connectivity index (χ1) is 14.6. The molecule has 0 aliphatic carbocycles. The summed E-state index contributed by atoms with van der Waals surface area (Å²) in [5.74, 6) is -0.748. The Balaban J connectivity index is 2.42. The number of carbonyl (C=O) groups is 2. The van der Waals surface area contributed by atoms with Crippen molar-refractivity contribution in [3.05, 3.63) is 64.1 Å². The third kappa shape index (κ3) is 6.54. The van der Waals surface area contributed by atoms with Gasteiger partial charge in [-0.15, -0.1) is 0 Å². The lowest BCUT2D eigenvalue weighted by Gasteiger charge is -2.32. The zero-order valence-corrected chi connectivity index (χ0v) is 20.5. The van der Waals surface area contributed by atoms with Crippen molar-refractivity contribution in [3.8, 4) is 0 Å². The van der Waals surface area contributed by atoms with E-state index in [-0.39, 0.29) is 12.5 Å². The highest BCUT2D eigenvalue weighted by Gasteiger charge is 2.31. The fourth-order valence-corrected chi connectivity index (χ4v) is 4.35. The van der Waals surface area contributed by atoms with Crippen LogP contribution in [-0.2, 0) is 26.2 Å². The lowest BCUT2D eigenvalue weighted by atomic mass is 10.1. The molecule has 9 heteroatoms. The molecule has 168 valence electrons. The third-order valence-electron chi connectivity index (χ3n) is 4.94. The molecule has 0 spiro atoms. The van der Waals surface area contributed by atoms with E-state index in [4.69, 9.17) is 0 Å². The van der Waals surface area contributed by atoms with E-state index in [2.05, 4.69) is 21.2 Å². The number of anilines is 1. The Kier molecular flexibility index (Phi) is 8.64. The van der Waals surface area contributed by atoms with E-state index in [9.17, 15) is 18.0 Å². The number of nitrogens with one attached hydrogen (secondary N) is 1. The number of likely N-dealkylation sites (N-methyl/N-ethyl adjacent to an activating group) is 1. The number of hydrogen-bond donors (Lipinski definition) is 1. The van der Waals surface area contributed by atoms with Crippen molar-refractivity contribution in [2.24, 2.45) is 0 Å². The Bertz CT molecular complexity index is 1030. The first-order valence-electron chi connectivity index (χ1n) is 9.87. The largest absolute Gasteiger partial charge is 0.357 e. The molecule has 0 aromatic heterocycles. The van der Waals surface area contributed by atoms with Gasteiger partial charge in [-0.2, -0.15) is 0 Å². The van der Waals surface area contributed by atoms with Gasteiger partial charge in [-0.05, 0) is 42.7 Å². The summed E-state index contributed by atoms with van der Waals surface area (Å²) in [5.41, 5.74) is 2.09. The third-order valence-corrected chi connectivity index (χ3v) is 6.97. The molecule has 0 saturated heterocycles. The SMILES string of the molecule is CCC(C(=O)NC)N(Cc1ccccc1)C(=O)CN(c1ccc(Br)c(C)c1)S(C)(=O)=O. The maximum atomic E-state index is 13.4. The molecule has 0 fully saturated rings. The van der Waals surface area contributed by atoms with E-state index in [0.29, 0.717) is 12.1 Å². The molecule has 2 rings (SSSR count). The summed E-state index contributed by atoms with van der Waals surface area (Å²) in [7, 11) is -2.22. The smallest absolute Gasteiger partial charge is 0.244 e. The molecule has 0 heterocycles. The molecule has 2 amide bonds. The Morgan fingerprint density at radius 2 is 1.77 bits per heavy atom. The monoisotopic (exact) mass is 509 g/mol. The summed E-state index contributed by atoms with van der Waals surface area (Å²) in [6, 6.07) is 13.7. The van der Waals surface area contributed by atoms with Crippen molar-refractivity contribution in [1.82, 2.24) is 10.2 Å². The van der Waals surface area contributed by atoms with Gasteiger partial charge in [-0.1, -0.05) is 53.2 Å². The summed E-state index contributed by atoms with van der Waals surface area (Å²) in [5, 5.41) is 2.60. The topological polar surface area (TPSA) is 86.8 Å². The van der Waals surface area contributed by atoms with Crippen molar-refractivity contribution < 1.29 is 18.0 Å². The van der Waals surface area contributed by atoms with Crippen LogP contribution in [0.3, 0.4) is 0 Å². The second kappa shape index (κ2) is 10.8. The molecule has 31 heavy (non-hydrogen) atoms. The number of nitrogens with zero attached hydrogens (tertiary/aromatic N) is 2. The second-order valence-electron chi connectivity index (χ2n) is 7.25. The molecule has 0 saturated carbocycles. The summed E-state index contributed by atoms with van der Waals surface area (Å²) >= 11 is 3.40. The maximum absolute atomic E-state index is 13.4. The van der Waals surface area contributed by atoms with Gasteiger partial charge in [0.1, 0.15) is 12.6 Å². The van der Waals surface area contributed by atoms with Gasteiger partial charge >= 0.3 is 0 Å². The highest BCUT2D eigenvalue weighted by Crippen LogP contribution is 2.25. The molecule has 1 atom stereocenters. The molecule has 2 aromatic rings. The zero-order valence-electron chi connectivity index (χ0n) is 18.1. The van der Waals surface area contributed by atoms with Gasteiger partial charge in [-0.3, -0.25) is 13.9 Å². The van der Waals surface area contributed by atoms with Crippen LogP contribution < -0.4 is 9.62 Å². The molecule has 1 unspecified atom stereocenters. The van der Waals surface area contributed by atoms with Crippen LogP contribution in [0.1, 0.15) is 24.5 Å². The number of aryl methyl sites for hydroxylation is 1. The predicted molar refractivity (Wildman–Crippen MR) is 126 cm³/mol. The van der Waals surface area contributed by atoms with Crippen LogP contribution in [0.4, 0.5) is 5.69 Å². The number of sulfonamides is 1. The lowest BCUT2D eigenvalue weighted by Crippen LogP contribution is -2.51. The maximum Gasteiger partial charge on any atom is 0.244 e. The Labute approximate surface area is 192 Å². The molecular formula is C22H28BrN3O4S. The van der Waals surface area contributed by atoms with Crippen molar-refractivity contribution in [2.45, 2.75) is 32.9 Å². The Morgan fingerprint density at radius 3 is 2.29 bits per heavy atom. The number of rotatable bonds is 9. The van der Waals surface area contributed by atoms with Crippen molar-refractivity contribution in [2.75, 3.05) is 24.2 Å². The fraction of sp³-hybridized carbons (Fsp3) is 0.364.